The average Bonchev–Trinajstić information content (AvgIpc) is 2.42. The van der Waals surface area contributed by atoms with Crippen molar-refractivity contribution in [1.82, 2.24) is 4.90 Å². The van der Waals surface area contributed by atoms with Crippen molar-refractivity contribution in [3.8, 4) is 0 Å². The third kappa shape index (κ3) is 4.90. The van der Waals surface area contributed by atoms with Gasteiger partial charge in [0, 0.05) is 18.2 Å². The molecular formula is C15H22ClF2N3O. The summed E-state index contributed by atoms with van der Waals surface area (Å²) in [5, 5.41) is 2.48. The molecule has 3 N–H and O–H groups in total. The Hall–Kier alpha value is -1.24. The van der Waals surface area contributed by atoms with Crippen LogP contribution in [0.1, 0.15) is 26.2 Å². The van der Waals surface area contributed by atoms with E-state index in [1.54, 1.807) is 0 Å². The van der Waals surface area contributed by atoms with Gasteiger partial charge in [0.05, 0.1) is 12.2 Å². The van der Waals surface area contributed by atoms with E-state index in [0.717, 1.165) is 37.9 Å². The van der Waals surface area contributed by atoms with Crippen LogP contribution in [-0.4, -0.2) is 36.0 Å². The van der Waals surface area contributed by atoms with Crippen LogP contribution in [-0.2, 0) is 4.79 Å². The number of rotatable bonds is 4. The average molecular weight is 334 g/mol. The van der Waals surface area contributed by atoms with E-state index in [1.807, 2.05) is 11.8 Å². The number of carbonyl (C=O) groups excluding carboxylic acids is 1. The first-order valence-electron chi connectivity index (χ1n) is 7.22. The third-order valence-corrected chi connectivity index (χ3v) is 3.82. The van der Waals surface area contributed by atoms with E-state index in [9.17, 15) is 13.6 Å². The second-order valence-corrected chi connectivity index (χ2v) is 5.57. The highest BCUT2D eigenvalue weighted by molar-refractivity contribution is 5.92. The zero-order valence-electron chi connectivity index (χ0n) is 12.5. The lowest BCUT2D eigenvalue weighted by Crippen LogP contribution is -2.51. The molecule has 1 saturated heterocycles. The number of hydrogen-bond donors (Lipinski definition) is 2. The van der Waals surface area contributed by atoms with Crippen molar-refractivity contribution in [3.63, 3.8) is 0 Å². The number of nitrogens with one attached hydrogen (secondary N) is 1. The minimum atomic E-state index is -0.772. The van der Waals surface area contributed by atoms with Gasteiger partial charge in [-0.15, -0.1) is 12.4 Å². The van der Waals surface area contributed by atoms with E-state index >= 15 is 0 Å². The van der Waals surface area contributed by atoms with Gasteiger partial charge in [-0.05, 0) is 38.4 Å². The molecule has 124 valence electrons. The van der Waals surface area contributed by atoms with Crippen molar-refractivity contribution in [2.45, 2.75) is 38.3 Å². The van der Waals surface area contributed by atoms with Crippen molar-refractivity contribution in [2.24, 2.45) is 5.73 Å². The lowest BCUT2D eigenvalue weighted by molar-refractivity contribution is -0.118. The Morgan fingerprint density at radius 1 is 1.45 bits per heavy atom. The van der Waals surface area contributed by atoms with E-state index in [1.165, 1.54) is 6.07 Å². The SMILES string of the molecule is CC(N)C1CCCCN1CC(=O)Nc1ccc(F)cc1F.Cl. The summed E-state index contributed by atoms with van der Waals surface area (Å²) < 4.78 is 26.3. The summed E-state index contributed by atoms with van der Waals surface area (Å²) >= 11 is 0. The summed E-state index contributed by atoms with van der Waals surface area (Å²) in [4.78, 5) is 14.1. The van der Waals surface area contributed by atoms with Gasteiger partial charge in [-0.25, -0.2) is 8.78 Å². The number of benzene rings is 1. The normalized spacial score (nSPS) is 20.1. The molecular weight excluding hydrogens is 312 g/mol. The minimum absolute atomic E-state index is 0. The van der Waals surface area contributed by atoms with Crippen molar-refractivity contribution >= 4 is 24.0 Å². The van der Waals surface area contributed by atoms with E-state index in [0.29, 0.717) is 0 Å². The molecule has 2 unspecified atom stereocenters. The molecule has 0 radical (unpaired) electrons. The highest BCUT2D eigenvalue weighted by Crippen LogP contribution is 2.19. The molecule has 1 amide bonds. The van der Waals surface area contributed by atoms with Gasteiger partial charge in [0.15, 0.2) is 0 Å². The molecule has 4 nitrogen and oxygen atoms in total. The number of nitrogens with two attached hydrogens (primary N) is 1. The van der Waals surface area contributed by atoms with Gasteiger partial charge in [-0.2, -0.15) is 0 Å². The second kappa shape index (κ2) is 8.41. The van der Waals surface area contributed by atoms with Crippen molar-refractivity contribution in [3.05, 3.63) is 29.8 Å². The predicted octanol–water partition coefficient (Wildman–Crippen LogP) is 2.53. The van der Waals surface area contributed by atoms with E-state index in [4.69, 9.17) is 5.73 Å². The summed E-state index contributed by atoms with van der Waals surface area (Å²) in [5.74, 6) is -1.75. The van der Waals surface area contributed by atoms with Crippen LogP contribution in [0, 0.1) is 11.6 Å². The number of nitrogens with zero attached hydrogens (tertiary/aromatic N) is 1. The molecule has 0 saturated carbocycles. The highest BCUT2D eigenvalue weighted by Gasteiger charge is 2.27. The molecule has 0 spiro atoms. The van der Waals surface area contributed by atoms with E-state index < -0.39 is 11.6 Å². The van der Waals surface area contributed by atoms with Crippen LogP contribution in [0.4, 0.5) is 14.5 Å². The van der Waals surface area contributed by atoms with Gasteiger partial charge >= 0.3 is 0 Å². The predicted molar refractivity (Wildman–Crippen MR) is 85.1 cm³/mol. The smallest absolute Gasteiger partial charge is 0.238 e. The Balaban J connectivity index is 0.00000242. The number of hydrogen-bond acceptors (Lipinski definition) is 3. The number of carbonyl (C=O) groups is 1. The third-order valence-electron chi connectivity index (χ3n) is 3.82. The van der Waals surface area contributed by atoms with Crippen LogP contribution in [0.15, 0.2) is 18.2 Å². The molecule has 1 aliphatic heterocycles. The zero-order chi connectivity index (χ0) is 15.4. The van der Waals surface area contributed by atoms with Gasteiger partial charge in [0.2, 0.25) is 5.91 Å². The number of halogens is 3. The molecule has 7 heteroatoms. The molecule has 1 aromatic carbocycles. The standard InChI is InChI=1S/C15H21F2N3O.ClH/c1-10(18)14-4-2-3-7-20(14)9-15(21)19-13-6-5-11(16)8-12(13)17;/h5-6,8,10,14H,2-4,7,9,18H2,1H3,(H,19,21);1H. The maximum absolute atomic E-state index is 13.5. The first-order valence-corrected chi connectivity index (χ1v) is 7.22. The summed E-state index contributed by atoms with van der Waals surface area (Å²) in [7, 11) is 0. The van der Waals surface area contributed by atoms with Crippen molar-refractivity contribution in [2.75, 3.05) is 18.4 Å². The summed E-state index contributed by atoms with van der Waals surface area (Å²) in [6.07, 6.45) is 3.11. The summed E-state index contributed by atoms with van der Waals surface area (Å²) in [6.45, 7) is 2.91. The van der Waals surface area contributed by atoms with E-state index in [2.05, 4.69) is 5.32 Å². The van der Waals surface area contributed by atoms with Gasteiger partial charge < -0.3 is 11.1 Å². The van der Waals surface area contributed by atoms with Gasteiger partial charge in [0.25, 0.3) is 0 Å². The molecule has 1 aromatic rings. The Labute approximate surface area is 135 Å². The van der Waals surface area contributed by atoms with Crippen molar-refractivity contribution < 1.29 is 13.6 Å². The van der Waals surface area contributed by atoms with Crippen LogP contribution in [0.3, 0.4) is 0 Å². The molecule has 1 aliphatic rings. The first kappa shape index (κ1) is 18.8. The van der Waals surface area contributed by atoms with Crippen LogP contribution in [0.5, 0.6) is 0 Å². The second-order valence-electron chi connectivity index (χ2n) is 5.57. The zero-order valence-corrected chi connectivity index (χ0v) is 13.3. The number of piperidine rings is 1. The van der Waals surface area contributed by atoms with Crippen LogP contribution >= 0.6 is 12.4 Å². The number of amides is 1. The maximum Gasteiger partial charge on any atom is 0.238 e. The molecule has 1 heterocycles. The largest absolute Gasteiger partial charge is 0.327 e. The van der Waals surface area contributed by atoms with Crippen LogP contribution in [0.2, 0.25) is 0 Å². The lowest BCUT2D eigenvalue weighted by atomic mass is 9.97. The summed E-state index contributed by atoms with van der Waals surface area (Å²) in [5.41, 5.74) is 5.95. The fourth-order valence-electron chi connectivity index (χ4n) is 2.77. The molecule has 0 aliphatic carbocycles. The van der Waals surface area contributed by atoms with Crippen molar-refractivity contribution in [1.29, 1.82) is 0 Å². The molecule has 0 bridgehead atoms. The molecule has 1 fully saturated rings. The molecule has 0 aromatic heterocycles. The molecule has 22 heavy (non-hydrogen) atoms. The minimum Gasteiger partial charge on any atom is -0.327 e. The van der Waals surface area contributed by atoms with Gasteiger partial charge in [-0.3, -0.25) is 9.69 Å². The van der Waals surface area contributed by atoms with Crippen LogP contribution < -0.4 is 11.1 Å². The Kier molecular flexibility index (Phi) is 7.19. The highest BCUT2D eigenvalue weighted by atomic mass is 35.5. The lowest BCUT2D eigenvalue weighted by Gasteiger charge is -2.37. The number of anilines is 1. The maximum atomic E-state index is 13.5. The van der Waals surface area contributed by atoms with Crippen LogP contribution in [0.25, 0.3) is 0 Å². The fraction of sp³-hybridized carbons (Fsp3) is 0.533. The molecule has 2 rings (SSSR count). The van der Waals surface area contributed by atoms with Gasteiger partial charge in [-0.1, -0.05) is 6.42 Å². The quantitative estimate of drug-likeness (QED) is 0.890. The first-order chi connectivity index (χ1) is 9.97. The Morgan fingerprint density at radius 3 is 2.82 bits per heavy atom. The Bertz CT molecular complexity index is 514. The fourth-order valence-corrected chi connectivity index (χ4v) is 2.77. The van der Waals surface area contributed by atoms with E-state index in [-0.39, 0.29) is 42.6 Å². The molecule has 2 atom stereocenters. The summed E-state index contributed by atoms with van der Waals surface area (Å²) in [6, 6.07) is 3.25. The monoisotopic (exact) mass is 333 g/mol. The Morgan fingerprint density at radius 2 is 2.18 bits per heavy atom. The van der Waals surface area contributed by atoms with Gasteiger partial charge in [0.1, 0.15) is 11.6 Å². The topological polar surface area (TPSA) is 58.4 Å². The number of likely N-dealkylation sites (tertiary alicyclic amines) is 1.